The molecule has 1 atom stereocenters. The first-order valence-electron chi connectivity index (χ1n) is 11.9. The van der Waals surface area contributed by atoms with E-state index in [4.69, 9.17) is 10.7 Å². The summed E-state index contributed by atoms with van der Waals surface area (Å²) < 4.78 is 2.08. The third-order valence-electron chi connectivity index (χ3n) is 8.00. The number of hydrogen-bond donors (Lipinski definition) is 3. The first-order chi connectivity index (χ1) is 16.6. The van der Waals surface area contributed by atoms with Crippen LogP contribution in [0.4, 0.5) is 5.95 Å². The topological polar surface area (TPSA) is 122 Å². The van der Waals surface area contributed by atoms with E-state index in [2.05, 4.69) is 60.0 Å². The van der Waals surface area contributed by atoms with Gasteiger partial charge in [0.05, 0.1) is 0 Å². The molecule has 1 saturated heterocycles. The molecule has 1 aromatic carbocycles. The Hall–Kier alpha value is -3.72. The van der Waals surface area contributed by atoms with Gasteiger partial charge in [0.25, 0.3) is 5.56 Å². The van der Waals surface area contributed by atoms with Crippen molar-refractivity contribution in [1.29, 1.82) is 0 Å². The second-order valence-electron chi connectivity index (χ2n) is 9.74. The summed E-state index contributed by atoms with van der Waals surface area (Å²) >= 11 is 0. The van der Waals surface area contributed by atoms with Gasteiger partial charge in [-0.05, 0) is 42.2 Å². The number of piperidine rings is 1. The molecule has 0 bridgehead atoms. The maximum absolute atomic E-state index is 13.2. The van der Waals surface area contributed by atoms with Gasteiger partial charge < -0.3 is 15.2 Å². The monoisotopic (exact) mass is 454 g/mol. The van der Waals surface area contributed by atoms with Crippen molar-refractivity contribution in [3.63, 3.8) is 0 Å². The zero-order valence-electron chi connectivity index (χ0n) is 18.8. The third-order valence-corrected chi connectivity index (χ3v) is 8.00. The number of fused-ring (bicyclic) bond motifs is 3. The van der Waals surface area contributed by atoms with E-state index in [9.17, 15) is 4.79 Å². The molecule has 0 saturated carbocycles. The number of H-pyrrole nitrogens is 2. The third kappa shape index (κ3) is 2.76. The highest BCUT2D eigenvalue weighted by Gasteiger charge is 2.46. The van der Waals surface area contributed by atoms with Crippen LogP contribution >= 0.6 is 0 Å². The molecule has 1 aliphatic carbocycles. The van der Waals surface area contributed by atoms with Crippen molar-refractivity contribution in [3.8, 4) is 0 Å². The maximum Gasteiger partial charge on any atom is 0.264 e. The van der Waals surface area contributed by atoms with Crippen LogP contribution in [0.25, 0.3) is 16.6 Å². The highest BCUT2D eigenvalue weighted by molar-refractivity contribution is 5.92. The molecule has 1 spiro atoms. The van der Waals surface area contributed by atoms with Crippen LogP contribution in [0, 0.1) is 5.41 Å². The van der Waals surface area contributed by atoms with Gasteiger partial charge in [0.1, 0.15) is 16.9 Å². The second-order valence-corrected chi connectivity index (χ2v) is 9.74. The summed E-state index contributed by atoms with van der Waals surface area (Å²) in [6.45, 7) is 2.49. The number of aromatic amines is 2. The molecule has 7 rings (SSSR count). The minimum absolute atomic E-state index is 0.0619. The first-order valence-corrected chi connectivity index (χ1v) is 11.9. The lowest BCUT2D eigenvalue weighted by Crippen LogP contribution is -2.45. The summed E-state index contributed by atoms with van der Waals surface area (Å²) in [5, 5.41) is 7.94. The molecule has 4 aromatic rings. The molecule has 9 nitrogen and oxygen atoms in total. The Morgan fingerprint density at radius 3 is 2.85 bits per heavy atom. The first kappa shape index (κ1) is 19.7. The molecular formula is C25H26N8O. The van der Waals surface area contributed by atoms with Crippen LogP contribution in [0.2, 0.25) is 0 Å². The Kier molecular flexibility index (Phi) is 4.14. The Labute approximate surface area is 195 Å². The fourth-order valence-electron chi connectivity index (χ4n) is 6.12. The van der Waals surface area contributed by atoms with Crippen molar-refractivity contribution in [2.24, 2.45) is 11.1 Å². The van der Waals surface area contributed by atoms with E-state index in [1.807, 2.05) is 6.20 Å². The maximum atomic E-state index is 13.2. The zero-order valence-corrected chi connectivity index (χ0v) is 18.8. The van der Waals surface area contributed by atoms with Gasteiger partial charge in [-0.3, -0.25) is 14.9 Å². The van der Waals surface area contributed by atoms with Crippen LogP contribution in [-0.4, -0.2) is 42.8 Å². The normalized spacial score (nSPS) is 21.0. The molecular weight excluding hydrogens is 428 g/mol. The second kappa shape index (κ2) is 7.14. The van der Waals surface area contributed by atoms with Gasteiger partial charge in [0.2, 0.25) is 5.95 Å². The number of rotatable bonds is 2. The number of benzene rings is 1. The van der Waals surface area contributed by atoms with Crippen LogP contribution in [0.1, 0.15) is 47.9 Å². The number of allylic oxidation sites excluding steroid dienone is 1. The summed E-state index contributed by atoms with van der Waals surface area (Å²) in [5.74, 6) is 1.42. The Morgan fingerprint density at radius 2 is 2.00 bits per heavy atom. The van der Waals surface area contributed by atoms with Gasteiger partial charge in [-0.15, -0.1) is 0 Å². The number of anilines is 1. The quantitative estimate of drug-likeness (QED) is 0.428. The van der Waals surface area contributed by atoms with Crippen molar-refractivity contribution in [1.82, 2.24) is 29.7 Å². The molecule has 0 radical (unpaired) electrons. The molecule has 2 aliphatic heterocycles. The van der Waals surface area contributed by atoms with E-state index in [1.165, 1.54) is 11.1 Å². The number of nitrogens with one attached hydrogen (secondary N) is 2. The lowest BCUT2D eigenvalue weighted by Gasteiger charge is -2.42. The molecule has 1 unspecified atom stereocenters. The predicted molar refractivity (Wildman–Crippen MR) is 129 cm³/mol. The van der Waals surface area contributed by atoms with Gasteiger partial charge in [0, 0.05) is 43.6 Å². The number of aromatic nitrogens is 6. The van der Waals surface area contributed by atoms with Gasteiger partial charge in [-0.2, -0.15) is 10.1 Å². The van der Waals surface area contributed by atoms with E-state index in [1.54, 1.807) is 6.20 Å². The molecule has 34 heavy (non-hydrogen) atoms. The van der Waals surface area contributed by atoms with Crippen molar-refractivity contribution >= 4 is 22.6 Å². The van der Waals surface area contributed by atoms with Crippen molar-refractivity contribution in [2.75, 3.05) is 18.0 Å². The number of hydrogen-bond acceptors (Lipinski definition) is 6. The van der Waals surface area contributed by atoms with Gasteiger partial charge in [-0.25, -0.2) is 4.98 Å². The van der Waals surface area contributed by atoms with Crippen molar-refractivity contribution in [3.05, 3.63) is 75.7 Å². The Balaban J connectivity index is 1.17. The van der Waals surface area contributed by atoms with E-state index < -0.39 is 0 Å². The number of nitrogens with two attached hydrogens (primary N) is 1. The molecule has 172 valence electrons. The minimum atomic E-state index is -0.182. The highest BCUT2D eigenvalue weighted by Crippen LogP contribution is 2.50. The lowest BCUT2D eigenvalue weighted by atomic mass is 9.73. The van der Waals surface area contributed by atoms with Gasteiger partial charge >= 0.3 is 0 Å². The van der Waals surface area contributed by atoms with E-state index >= 15 is 0 Å². The molecule has 9 heteroatoms. The SMILES string of the molecule is NC1c2ccccc2CC12CCN(c1nc3[nH]nc(C4=CCCn5ccnc54)c3c(=O)[nH]1)CC2. The summed E-state index contributed by atoms with van der Waals surface area (Å²) in [6, 6.07) is 8.60. The van der Waals surface area contributed by atoms with E-state index in [0.717, 1.165) is 56.7 Å². The van der Waals surface area contributed by atoms with Crippen LogP contribution < -0.4 is 16.2 Å². The standard InChI is InChI=1S/C25H26N8O/c26-20-16-5-2-1-4-15(16)14-25(20)7-11-33(12-8-25)24-28-21-18(23(34)29-24)19(30-31-21)17-6-3-10-32-13-9-27-22(17)32/h1-2,4-6,9,13,20H,3,7-8,10-12,14,26H2,(H2,28,29,30,31,34). The van der Waals surface area contributed by atoms with Crippen LogP contribution in [0.5, 0.6) is 0 Å². The largest absolute Gasteiger partial charge is 0.342 e. The number of aryl methyl sites for hydroxylation is 1. The summed E-state index contributed by atoms with van der Waals surface area (Å²) in [4.78, 5) is 27.6. The van der Waals surface area contributed by atoms with Crippen molar-refractivity contribution < 1.29 is 0 Å². The van der Waals surface area contributed by atoms with E-state index in [0.29, 0.717) is 22.7 Å². The lowest BCUT2D eigenvalue weighted by molar-refractivity contribution is 0.187. The molecule has 5 heterocycles. The molecule has 3 aliphatic rings. The van der Waals surface area contributed by atoms with Gasteiger partial charge in [0.15, 0.2) is 5.65 Å². The Morgan fingerprint density at radius 1 is 1.15 bits per heavy atom. The molecule has 3 aromatic heterocycles. The number of imidazole rings is 1. The molecule has 4 N–H and O–H groups in total. The van der Waals surface area contributed by atoms with Crippen LogP contribution in [0.3, 0.4) is 0 Å². The average Bonchev–Trinajstić information content (AvgIpc) is 3.57. The predicted octanol–water partition coefficient (Wildman–Crippen LogP) is 2.52. The summed E-state index contributed by atoms with van der Waals surface area (Å²) in [5.41, 5.74) is 11.3. The fourth-order valence-corrected chi connectivity index (χ4v) is 6.12. The molecule has 0 amide bonds. The number of nitrogens with zero attached hydrogens (tertiary/aromatic N) is 5. The van der Waals surface area contributed by atoms with Crippen LogP contribution in [-0.2, 0) is 13.0 Å². The van der Waals surface area contributed by atoms with Gasteiger partial charge in [-0.1, -0.05) is 30.3 Å². The fraction of sp³-hybridized carbons (Fsp3) is 0.360. The average molecular weight is 455 g/mol. The minimum Gasteiger partial charge on any atom is -0.342 e. The van der Waals surface area contributed by atoms with E-state index in [-0.39, 0.29) is 17.0 Å². The van der Waals surface area contributed by atoms with Crippen LogP contribution in [0.15, 0.2) is 47.5 Å². The Bertz CT molecular complexity index is 1500. The highest BCUT2D eigenvalue weighted by atomic mass is 16.1. The zero-order chi connectivity index (χ0) is 22.9. The summed E-state index contributed by atoms with van der Waals surface area (Å²) in [7, 11) is 0. The van der Waals surface area contributed by atoms with Crippen molar-refractivity contribution in [2.45, 2.75) is 38.3 Å². The molecule has 1 fully saturated rings. The summed E-state index contributed by atoms with van der Waals surface area (Å²) in [6.07, 6.45) is 9.66. The smallest absolute Gasteiger partial charge is 0.264 e.